The molecule has 3 nitrogen and oxygen atoms in total. The maximum Gasteiger partial charge on any atom is 0.135 e. The van der Waals surface area contributed by atoms with E-state index in [-0.39, 0.29) is 0 Å². The molecule has 0 saturated heterocycles. The van der Waals surface area contributed by atoms with Crippen LogP contribution in [0.5, 0.6) is 0 Å². The molecule has 0 fully saturated rings. The summed E-state index contributed by atoms with van der Waals surface area (Å²) in [6, 6.07) is 65.6. The molecule has 0 radical (unpaired) electrons. The number of furan rings is 1. The zero-order valence-electron chi connectivity index (χ0n) is 28.0. The normalized spacial score (nSPS) is 11.8. The van der Waals surface area contributed by atoms with Gasteiger partial charge in [-0.25, -0.2) is 0 Å². The number of hydrogen-bond acceptors (Lipinski definition) is 3. The minimum absolute atomic E-state index is 0.885. The van der Waals surface area contributed by atoms with Gasteiger partial charge in [0.15, 0.2) is 0 Å². The Labute approximate surface area is 303 Å². The van der Waals surface area contributed by atoms with Crippen molar-refractivity contribution >= 4 is 92.3 Å². The Balaban J connectivity index is 1.10. The summed E-state index contributed by atoms with van der Waals surface area (Å²) in [5, 5.41) is 7.32. The number of thiophene rings is 1. The highest BCUT2D eigenvalue weighted by Gasteiger charge is 2.19. The van der Waals surface area contributed by atoms with Crippen LogP contribution in [-0.2, 0) is 0 Å². The van der Waals surface area contributed by atoms with Gasteiger partial charge in [-0.3, -0.25) is 0 Å². The SMILES string of the molecule is c1ccc(-n2c3ccccc3c3ccc(N(c4ccc(-c5ccc6sc7ccccc7c6c5)cc4)c4ccc5oc6ccccc6c5c4)cc32)cc1. The maximum atomic E-state index is 6.25. The van der Waals surface area contributed by atoms with Gasteiger partial charge in [-0.05, 0) is 96.1 Å². The second-order valence-electron chi connectivity index (χ2n) is 13.4. The fourth-order valence-electron chi connectivity index (χ4n) is 7.96. The second-order valence-corrected chi connectivity index (χ2v) is 14.4. The van der Waals surface area contributed by atoms with Crippen molar-refractivity contribution < 1.29 is 4.42 Å². The van der Waals surface area contributed by atoms with Crippen LogP contribution in [0.1, 0.15) is 0 Å². The summed E-state index contributed by atoms with van der Waals surface area (Å²) in [4.78, 5) is 2.37. The summed E-state index contributed by atoms with van der Waals surface area (Å²) in [6.07, 6.45) is 0. The highest BCUT2D eigenvalue weighted by atomic mass is 32.1. The number of rotatable bonds is 5. The molecule has 8 aromatic carbocycles. The van der Waals surface area contributed by atoms with Crippen LogP contribution in [0.2, 0.25) is 0 Å². The van der Waals surface area contributed by atoms with E-state index >= 15 is 0 Å². The Morgan fingerprint density at radius 2 is 1.02 bits per heavy atom. The molecule has 11 aromatic rings. The molecular weight excluding hydrogens is 653 g/mol. The summed E-state index contributed by atoms with van der Waals surface area (Å²) in [5.74, 6) is 0. The summed E-state index contributed by atoms with van der Waals surface area (Å²) >= 11 is 1.86. The fraction of sp³-hybridized carbons (Fsp3) is 0. The van der Waals surface area contributed by atoms with E-state index in [0.717, 1.165) is 50.2 Å². The molecule has 244 valence electrons. The Morgan fingerprint density at radius 1 is 0.385 bits per heavy atom. The van der Waals surface area contributed by atoms with Gasteiger partial charge in [0.1, 0.15) is 11.2 Å². The molecule has 0 aliphatic heterocycles. The molecule has 0 spiro atoms. The van der Waals surface area contributed by atoms with Crippen molar-refractivity contribution in [2.45, 2.75) is 0 Å². The molecular formula is C48H30N2OS. The number of benzene rings is 8. The third kappa shape index (κ3) is 4.51. The van der Waals surface area contributed by atoms with E-state index in [1.165, 1.54) is 47.6 Å². The van der Waals surface area contributed by atoms with E-state index < -0.39 is 0 Å². The lowest BCUT2D eigenvalue weighted by Crippen LogP contribution is -2.10. The van der Waals surface area contributed by atoms with Crippen molar-refractivity contribution in [1.82, 2.24) is 4.57 Å². The van der Waals surface area contributed by atoms with Gasteiger partial charge in [-0.15, -0.1) is 11.3 Å². The van der Waals surface area contributed by atoms with E-state index in [1.54, 1.807) is 0 Å². The van der Waals surface area contributed by atoms with Gasteiger partial charge in [0.05, 0.1) is 11.0 Å². The Kier molecular flexibility index (Phi) is 6.42. The minimum Gasteiger partial charge on any atom is -0.456 e. The lowest BCUT2D eigenvalue weighted by atomic mass is 10.0. The highest BCUT2D eigenvalue weighted by Crippen LogP contribution is 2.43. The number of aromatic nitrogens is 1. The van der Waals surface area contributed by atoms with E-state index in [9.17, 15) is 0 Å². The average Bonchev–Trinajstić information content (AvgIpc) is 3.87. The van der Waals surface area contributed by atoms with Gasteiger partial charge in [-0.1, -0.05) is 97.1 Å². The monoisotopic (exact) mass is 682 g/mol. The van der Waals surface area contributed by atoms with Crippen molar-refractivity contribution in [3.63, 3.8) is 0 Å². The smallest absolute Gasteiger partial charge is 0.135 e. The quantitative estimate of drug-likeness (QED) is 0.180. The third-order valence-electron chi connectivity index (χ3n) is 10.4. The molecule has 0 aliphatic rings. The van der Waals surface area contributed by atoms with Crippen LogP contribution in [0.3, 0.4) is 0 Å². The van der Waals surface area contributed by atoms with Gasteiger partial charge in [-0.2, -0.15) is 0 Å². The Hall–Kier alpha value is -6.62. The Bertz CT molecular complexity index is 3130. The maximum absolute atomic E-state index is 6.25. The van der Waals surface area contributed by atoms with Gasteiger partial charge >= 0.3 is 0 Å². The first kappa shape index (κ1) is 29.1. The Morgan fingerprint density at radius 3 is 1.90 bits per heavy atom. The molecule has 0 amide bonds. The molecule has 0 bridgehead atoms. The molecule has 0 aliphatic carbocycles. The molecule has 0 N–H and O–H groups in total. The van der Waals surface area contributed by atoms with Crippen molar-refractivity contribution in [3.8, 4) is 16.8 Å². The zero-order valence-corrected chi connectivity index (χ0v) is 28.8. The number of nitrogens with zero attached hydrogens (tertiary/aromatic N) is 2. The summed E-state index contributed by atoms with van der Waals surface area (Å²) in [7, 11) is 0. The molecule has 11 rings (SSSR count). The molecule has 3 heterocycles. The molecule has 0 unspecified atom stereocenters. The van der Waals surface area contributed by atoms with Crippen molar-refractivity contribution in [1.29, 1.82) is 0 Å². The van der Waals surface area contributed by atoms with Crippen LogP contribution < -0.4 is 4.90 Å². The molecule has 4 heteroatoms. The van der Waals surface area contributed by atoms with Crippen molar-refractivity contribution in [2.24, 2.45) is 0 Å². The molecule has 52 heavy (non-hydrogen) atoms. The summed E-state index contributed by atoms with van der Waals surface area (Å²) < 4.78 is 11.3. The first-order valence-electron chi connectivity index (χ1n) is 17.6. The van der Waals surface area contributed by atoms with E-state index in [2.05, 4.69) is 179 Å². The van der Waals surface area contributed by atoms with Crippen LogP contribution in [0.4, 0.5) is 17.1 Å². The van der Waals surface area contributed by atoms with Gasteiger partial charge in [0.25, 0.3) is 0 Å². The average molecular weight is 683 g/mol. The summed E-state index contributed by atoms with van der Waals surface area (Å²) in [5.41, 5.74) is 10.9. The minimum atomic E-state index is 0.885. The standard InChI is InChI=1S/C48H30N2OS/c1-2-10-33(11-3-1)50-43-15-7-4-12-37(43)38-25-23-36(30-44(38)50)49(35-24-26-46-41(29-35)39-13-5-8-16-45(39)51-46)34-21-18-31(19-22-34)32-20-27-48-42(28-32)40-14-6-9-17-47(40)52-48/h1-30H. The number of para-hydroxylation sites is 3. The van der Waals surface area contributed by atoms with E-state index in [0.29, 0.717) is 0 Å². The molecule has 0 atom stereocenters. The van der Waals surface area contributed by atoms with Crippen LogP contribution in [0.25, 0.3) is 80.7 Å². The lowest BCUT2D eigenvalue weighted by molar-refractivity contribution is 0.669. The second kappa shape index (κ2) is 11.5. The summed E-state index contributed by atoms with van der Waals surface area (Å²) in [6.45, 7) is 0. The lowest BCUT2D eigenvalue weighted by Gasteiger charge is -2.26. The zero-order chi connectivity index (χ0) is 34.2. The fourth-order valence-corrected chi connectivity index (χ4v) is 9.05. The van der Waals surface area contributed by atoms with Crippen molar-refractivity contribution in [2.75, 3.05) is 4.90 Å². The number of fused-ring (bicyclic) bond motifs is 9. The van der Waals surface area contributed by atoms with Crippen LogP contribution in [-0.4, -0.2) is 4.57 Å². The third-order valence-corrected chi connectivity index (χ3v) is 11.5. The van der Waals surface area contributed by atoms with Crippen molar-refractivity contribution in [3.05, 3.63) is 182 Å². The van der Waals surface area contributed by atoms with Gasteiger partial charge < -0.3 is 13.9 Å². The highest BCUT2D eigenvalue weighted by molar-refractivity contribution is 7.25. The van der Waals surface area contributed by atoms with E-state index in [4.69, 9.17) is 4.42 Å². The largest absolute Gasteiger partial charge is 0.456 e. The topological polar surface area (TPSA) is 21.3 Å². The van der Waals surface area contributed by atoms with Gasteiger partial charge in [0, 0.05) is 64.5 Å². The first-order chi connectivity index (χ1) is 25.8. The van der Waals surface area contributed by atoms with Crippen LogP contribution in [0.15, 0.2) is 186 Å². The first-order valence-corrected chi connectivity index (χ1v) is 18.4. The predicted octanol–water partition coefficient (Wildman–Crippen LogP) is 14.2. The van der Waals surface area contributed by atoms with Gasteiger partial charge in [0.2, 0.25) is 0 Å². The number of hydrogen-bond donors (Lipinski definition) is 0. The molecule has 0 saturated carbocycles. The molecule has 3 aromatic heterocycles. The predicted molar refractivity (Wildman–Crippen MR) is 221 cm³/mol. The number of anilines is 3. The van der Waals surface area contributed by atoms with Crippen LogP contribution in [0, 0.1) is 0 Å². The van der Waals surface area contributed by atoms with E-state index in [1.807, 2.05) is 23.5 Å². The van der Waals surface area contributed by atoms with Crippen LogP contribution >= 0.6 is 11.3 Å².